The van der Waals surface area contributed by atoms with Crippen LogP contribution in [0.25, 0.3) is 33.2 Å². The van der Waals surface area contributed by atoms with E-state index in [9.17, 15) is 58.2 Å². The number of hydrogen-bond donors (Lipinski definition) is 9. The maximum Gasteiger partial charge on any atom is 0.327 e. The number of aliphatic carboxylic acids is 2. The van der Waals surface area contributed by atoms with Gasteiger partial charge in [-0.15, -0.1) is 0 Å². The topological polar surface area (TPSA) is 468 Å². The van der Waals surface area contributed by atoms with Gasteiger partial charge >= 0.3 is 17.9 Å². The van der Waals surface area contributed by atoms with Crippen molar-refractivity contribution in [1.29, 1.82) is 0 Å². The zero-order valence-corrected chi connectivity index (χ0v) is 67.6. The van der Waals surface area contributed by atoms with E-state index in [1.165, 1.54) is 47.0 Å². The molecule has 6 aromatic rings. The van der Waals surface area contributed by atoms with E-state index in [1.54, 1.807) is 19.1 Å². The van der Waals surface area contributed by atoms with E-state index in [0.717, 1.165) is 23.4 Å². The lowest BCUT2D eigenvalue weighted by Gasteiger charge is -2.19. The molecule has 3 aliphatic rings. The third-order valence-corrected chi connectivity index (χ3v) is 22.5. The summed E-state index contributed by atoms with van der Waals surface area (Å²) in [5, 5.41) is 27.8. The van der Waals surface area contributed by atoms with Crippen LogP contribution in [0.1, 0.15) is 198 Å². The molecule has 1 aliphatic carbocycles. The average molecular weight is 1630 g/mol. The third kappa shape index (κ3) is 25.5. The molecular formula is C80H104N12O21S2. The number of ether oxygens (including phenoxy) is 9. The summed E-state index contributed by atoms with van der Waals surface area (Å²) >= 11 is 0. The number of fused-ring (bicyclic) bond motifs is 9. The number of nitrogens with zero attached hydrogens (tertiary/aromatic N) is 5. The Balaban J connectivity index is 0.545. The Morgan fingerprint density at radius 1 is 0.609 bits per heavy atom. The Hall–Kier alpha value is -9.43. The molecule has 5 aromatic heterocycles. The van der Waals surface area contributed by atoms with Gasteiger partial charge in [0.25, 0.3) is 11.5 Å². The van der Waals surface area contributed by atoms with Gasteiger partial charge < -0.3 is 84.5 Å². The number of nitrogens with one attached hydrogen (secondary N) is 6. The van der Waals surface area contributed by atoms with Gasteiger partial charge in [0, 0.05) is 130 Å². The third-order valence-electron chi connectivity index (χ3n) is 20.0. The van der Waals surface area contributed by atoms with Crippen LogP contribution in [0.15, 0.2) is 53.5 Å². The lowest BCUT2D eigenvalue weighted by atomic mass is 9.83. The number of Topliss-reactive ketones (excluding diaryl/α,β-unsaturated/α-hetero) is 4. The molecule has 0 saturated heterocycles. The van der Waals surface area contributed by atoms with E-state index in [2.05, 4.69) is 59.7 Å². The van der Waals surface area contributed by atoms with Crippen molar-refractivity contribution < 1.29 is 96.0 Å². The van der Waals surface area contributed by atoms with Crippen molar-refractivity contribution in [2.24, 2.45) is 0 Å². The van der Waals surface area contributed by atoms with Gasteiger partial charge in [-0.2, -0.15) is 4.98 Å². The maximum absolute atomic E-state index is 14.5. The van der Waals surface area contributed by atoms with Gasteiger partial charge in [-0.25, -0.2) is 19.6 Å². The van der Waals surface area contributed by atoms with Crippen molar-refractivity contribution in [1.82, 2.24) is 50.5 Å². The molecule has 622 valence electrons. The van der Waals surface area contributed by atoms with E-state index in [1.807, 2.05) is 39.0 Å². The molecule has 0 spiro atoms. The predicted molar refractivity (Wildman–Crippen MR) is 430 cm³/mol. The van der Waals surface area contributed by atoms with Gasteiger partial charge in [0.15, 0.2) is 22.7 Å². The van der Waals surface area contributed by atoms with E-state index in [0.29, 0.717) is 178 Å². The van der Waals surface area contributed by atoms with Crippen LogP contribution in [-0.2, 0) is 77.9 Å². The molecule has 7 heterocycles. The molecule has 8 bridgehead atoms. The molecule has 10 N–H and O–H groups in total. The molecule has 2 amide bonds. The number of carboxylic acids is 2. The summed E-state index contributed by atoms with van der Waals surface area (Å²) in [7, 11) is 3.96. The summed E-state index contributed by atoms with van der Waals surface area (Å²) in [5.41, 5.74) is 14.7. The molecule has 0 saturated carbocycles. The van der Waals surface area contributed by atoms with Gasteiger partial charge in [-0.3, -0.25) is 53.3 Å². The summed E-state index contributed by atoms with van der Waals surface area (Å²) < 4.78 is 49.6. The van der Waals surface area contributed by atoms with Gasteiger partial charge in [-0.1, -0.05) is 42.4 Å². The van der Waals surface area contributed by atoms with E-state index < -0.39 is 53.3 Å². The average Bonchev–Trinajstić information content (AvgIpc) is 1.56. The normalized spacial score (nSPS) is 16.2. The number of H-pyrrole nitrogens is 3. The van der Waals surface area contributed by atoms with Gasteiger partial charge in [-0.05, 0) is 106 Å². The first-order chi connectivity index (χ1) is 55.5. The lowest BCUT2D eigenvalue weighted by Crippen LogP contribution is -2.42. The highest BCUT2D eigenvalue weighted by Gasteiger charge is 2.46. The highest BCUT2D eigenvalue weighted by molar-refractivity contribution is 8.76. The molecular weight excluding hydrogens is 1530 g/mol. The summed E-state index contributed by atoms with van der Waals surface area (Å²) in [6, 6.07) is 9.77. The summed E-state index contributed by atoms with van der Waals surface area (Å²) in [6.07, 6.45) is 4.10. The maximum atomic E-state index is 14.5. The minimum Gasteiger partial charge on any atom is -0.480 e. The molecule has 9 rings (SSSR count). The highest BCUT2D eigenvalue weighted by atomic mass is 33.1. The van der Waals surface area contributed by atoms with Crippen LogP contribution in [0.2, 0.25) is 0 Å². The Morgan fingerprint density at radius 2 is 1.17 bits per heavy atom. The second kappa shape index (κ2) is 45.2. The van der Waals surface area contributed by atoms with Crippen molar-refractivity contribution in [3.05, 3.63) is 121 Å². The van der Waals surface area contributed by atoms with E-state index >= 15 is 0 Å². The van der Waals surface area contributed by atoms with Crippen molar-refractivity contribution in [2.45, 2.75) is 154 Å². The number of nitrogens with two attached hydrogens (primary N) is 1. The standard InChI is InChI=1S/C80H104N12O21S2/c1-8-55-45(2)58-41-63-66(49(6)93)47(4)60(86-63)39-59-46(3)56(70(88-59)68-69(79(104)105-7)73(97)67-48(5)61(89-71(67)68)40-62(55)85-58)19-17-54(95)12-10-38-114-115-44-64(78(102)103)87-65(96)21-23-107-25-27-109-29-31-111-33-35-113-37-36-112-34-32-110-30-28-108-26-24-106-22-9-11-53(94)18-20-57(77(100)101)90-75(98)50-13-15-51(16-14-50)82-42-52-43-83-74-72(84-52)76(99)92-80(81)91-74/h13-16,39-41,43,45-46,55-57,64,69,82,86,89H,8-12,17-38,42,44H2,1-7H3,(H,87,96)(H,90,98)(H,100,101)(H,102,103)(H3,81,83,91,92,99)/t45-,46+,55-,56+,57+,64-,69?/m1/s1. The minimum atomic E-state index is -1.27. The first kappa shape index (κ1) is 89.5. The Kier molecular flexibility index (Phi) is 35.2. The molecule has 0 fully saturated rings. The fourth-order valence-corrected chi connectivity index (χ4v) is 16.1. The van der Waals surface area contributed by atoms with Gasteiger partial charge in [0.1, 0.15) is 29.6 Å². The van der Waals surface area contributed by atoms with Crippen LogP contribution >= 0.6 is 21.6 Å². The summed E-state index contributed by atoms with van der Waals surface area (Å²) in [5.74, 6) is -6.08. The van der Waals surface area contributed by atoms with Crippen LogP contribution < -0.4 is 27.2 Å². The van der Waals surface area contributed by atoms with Crippen molar-refractivity contribution in [3.63, 3.8) is 0 Å². The molecule has 1 unspecified atom stereocenters. The molecule has 33 nitrogen and oxygen atoms in total. The second-order valence-electron chi connectivity index (χ2n) is 28.0. The predicted octanol–water partition coefficient (Wildman–Crippen LogP) is 8.61. The largest absolute Gasteiger partial charge is 0.480 e. The molecule has 7 atom stereocenters. The van der Waals surface area contributed by atoms with Crippen molar-refractivity contribution >= 4 is 119 Å². The first-order valence-corrected chi connectivity index (χ1v) is 41.2. The zero-order valence-electron chi connectivity index (χ0n) is 65.9. The number of aryl methyl sites for hydroxylation is 2. The number of carbonyl (C=O) groups is 9. The fraction of sp³-hybridized carbons (Fsp3) is 0.537. The van der Waals surface area contributed by atoms with Crippen LogP contribution in [-0.4, -0.2) is 239 Å². The fourth-order valence-electron chi connectivity index (χ4n) is 13.8. The molecule has 115 heavy (non-hydrogen) atoms. The number of rotatable bonds is 52. The van der Waals surface area contributed by atoms with Crippen molar-refractivity contribution in [3.8, 4) is 0 Å². The summed E-state index contributed by atoms with van der Waals surface area (Å²) in [4.78, 5) is 162. The smallest absolute Gasteiger partial charge is 0.327 e. The quantitative estimate of drug-likeness (QED) is 0.00567. The number of carboxylic acid groups (broad SMARTS) is 2. The first-order valence-electron chi connectivity index (χ1n) is 38.7. The van der Waals surface area contributed by atoms with Crippen LogP contribution in [0, 0.1) is 13.8 Å². The number of nitrogen functional groups attached to an aromatic ring is 1. The highest BCUT2D eigenvalue weighted by Crippen LogP contribution is 2.49. The number of anilines is 2. The van der Waals surface area contributed by atoms with Gasteiger partial charge in [0.2, 0.25) is 11.9 Å². The van der Waals surface area contributed by atoms with E-state index in [-0.39, 0.29) is 140 Å². The van der Waals surface area contributed by atoms with Crippen LogP contribution in [0.3, 0.4) is 0 Å². The second-order valence-corrected chi connectivity index (χ2v) is 30.7. The minimum absolute atomic E-state index is 0.0134. The monoisotopic (exact) mass is 1630 g/mol. The van der Waals surface area contributed by atoms with E-state index in [4.69, 9.17) is 58.3 Å². The Bertz CT molecular complexity index is 4630. The Morgan fingerprint density at radius 3 is 1.78 bits per heavy atom. The number of benzene rings is 1. The van der Waals surface area contributed by atoms with Gasteiger partial charge in [0.05, 0.1) is 141 Å². The van der Waals surface area contributed by atoms with Crippen molar-refractivity contribution in [2.75, 3.05) is 135 Å². The number of aromatic nitrogens is 8. The number of amides is 2. The lowest BCUT2D eigenvalue weighted by molar-refractivity contribution is -0.141. The van der Waals surface area contributed by atoms with Crippen LogP contribution in [0.4, 0.5) is 11.6 Å². The molecule has 2 aliphatic heterocycles. The van der Waals surface area contributed by atoms with Crippen LogP contribution in [0.5, 0.6) is 0 Å². The zero-order chi connectivity index (χ0) is 82.5. The summed E-state index contributed by atoms with van der Waals surface area (Å²) in [6.45, 7) is 16.9. The number of ketones is 4. The SMILES string of the molecule is CC[C@H]1c2cc3[nH]c4c(c3C)C(=O)C(C(=O)OC)c4c3nc(cc4[nH]c(cc(n2)[C@@H]1C)c(C(C)=O)c4C)[C@@H](C)[C@@H]3CCC(=O)CCCSSC[C@@H](NC(=O)CCOCCOCCOCCOCCOCCOCCOCCOCCCC(=O)CC[C@H](NC(=O)c1ccc(NCc2cnc3nc(N)[nH]c(=O)c3n2)cc1)C(=O)O)C(=O)O. The molecule has 1 aromatic carbocycles. The number of hydrogen-bond acceptors (Lipinski definition) is 28. The molecule has 35 heteroatoms. The number of carbonyl (C=O) groups excluding carboxylic acids is 7. The number of methoxy groups -OCH3 is 1. The Labute approximate surface area is 672 Å². The number of aromatic amines is 3. The molecule has 0 radical (unpaired) electrons. The number of esters is 1.